The van der Waals surface area contributed by atoms with Crippen LogP contribution >= 0.6 is 15.9 Å². The van der Waals surface area contributed by atoms with Crippen LogP contribution in [0.5, 0.6) is 0 Å². The Morgan fingerprint density at radius 2 is 1.76 bits per heavy atom. The van der Waals surface area contributed by atoms with Crippen LogP contribution in [0, 0.1) is 5.41 Å². The molecule has 0 bridgehead atoms. The molecular weight excluding hydrogens is 616 g/mol. The van der Waals surface area contributed by atoms with E-state index < -0.39 is 21.9 Å². The number of hydrogen-bond acceptors (Lipinski definition) is 9. The third kappa shape index (κ3) is 7.47. The summed E-state index contributed by atoms with van der Waals surface area (Å²) < 4.78 is 37.5. The summed E-state index contributed by atoms with van der Waals surface area (Å²) in [4.78, 5) is 34.3. The van der Waals surface area contributed by atoms with Crippen molar-refractivity contribution in [3.05, 3.63) is 70.7 Å². The van der Waals surface area contributed by atoms with E-state index in [0.29, 0.717) is 17.5 Å². The number of Topliss-reactive ketones (excluding diaryl/α,β-unsaturated/α-hetero) is 1. The second-order valence-electron chi connectivity index (χ2n) is 9.84. The molecule has 5 rings (SSSR count). The molecule has 218 valence electrons. The maximum atomic E-state index is 12.9. The lowest BCUT2D eigenvalue weighted by Gasteiger charge is -2.46. The minimum atomic E-state index is -4.67. The van der Waals surface area contributed by atoms with Gasteiger partial charge in [0.1, 0.15) is 11.9 Å². The van der Waals surface area contributed by atoms with E-state index in [9.17, 15) is 9.59 Å². The van der Waals surface area contributed by atoms with Gasteiger partial charge in [-0.1, -0.05) is 31.4 Å². The fourth-order valence-electron chi connectivity index (χ4n) is 5.24. The van der Waals surface area contributed by atoms with Gasteiger partial charge in [-0.2, -0.15) is 8.42 Å². The van der Waals surface area contributed by atoms with E-state index in [2.05, 4.69) is 36.5 Å². The summed E-state index contributed by atoms with van der Waals surface area (Å²) in [6, 6.07) is 11.3. The van der Waals surface area contributed by atoms with Crippen LogP contribution in [-0.4, -0.2) is 51.9 Å². The zero-order valence-corrected chi connectivity index (χ0v) is 24.7. The third-order valence-corrected chi connectivity index (χ3v) is 7.91. The lowest BCUT2D eigenvalue weighted by Crippen LogP contribution is -2.53. The second-order valence-corrected chi connectivity index (χ2v) is 11.5. The predicted octanol–water partition coefficient (Wildman–Crippen LogP) is 4.92. The van der Waals surface area contributed by atoms with E-state index in [0.717, 1.165) is 65.6 Å². The first kappa shape index (κ1) is 30.6. The lowest BCUT2D eigenvalue weighted by atomic mass is 9.62. The number of pyridine rings is 2. The maximum absolute atomic E-state index is 12.9. The van der Waals surface area contributed by atoms with Gasteiger partial charge in [-0.3, -0.25) is 18.9 Å². The second kappa shape index (κ2) is 13.1. The number of fused-ring (bicyclic) bond motifs is 1. The molecule has 1 atom stereocenters. The quantitative estimate of drug-likeness (QED) is 0.193. The van der Waals surface area contributed by atoms with Gasteiger partial charge in [0.2, 0.25) is 0 Å². The predicted molar refractivity (Wildman–Crippen MR) is 157 cm³/mol. The molecule has 2 aliphatic carbocycles. The van der Waals surface area contributed by atoms with Crippen molar-refractivity contribution in [1.82, 2.24) is 15.3 Å². The summed E-state index contributed by atoms with van der Waals surface area (Å²) >= 11 is 3.46. The average molecular weight is 648 g/mol. The summed E-state index contributed by atoms with van der Waals surface area (Å²) in [6.45, 7) is 2.11. The molecule has 0 saturated heterocycles. The third-order valence-electron chi connectivity index (χ3n) is 7.15. The standard InChI is InChI=1S/C28H29BrN4O3.H2O4S/c1-2-36-27(35)22(33-24-23(29)25(34)28(24)12-4-3-5-13-28)16-18-6-8-20(9-7-18)32-26-21-17-30-14-10-19(21)11-15-31-26;1-5(2,3)4/h6-11,14-15,17,22,33H,2-5,12-13,16H2,1H3,(H,31,32);(H2,1,2,3,4)/t22-;/m0./s1. The maximum Gasteiger partial charge on any atom is 0.394 e. The van der Waals surface area contributed by atoms with E-state index in [1.165, 1.54) is 0 Å². The molecule has 41 heavy (non-hydrogen) atoms. The van der Waals surface area contributed by atoms with Crippen LogP contribution in [0.1, 0.15) is 44.6 Å². The Balaban J connectivity index is 0.000000714. The van der Waals surface area contributed by atoms with Gasteiger partial charge >= 0.3 is 16.4 Å². The first-order valence-electron chi connectivity index (χ1n) is 13.1. The van der Waals surface area contributed by atoms with Crippen molar-refractivity contribution in [2.45, 2.75) is 51.5 Å². The number of rotatable bonds is 8. The summed E-state index contributed by atoms with van der Waals surface area (Å²) in [6.07, 6.45) is 10.6. The highest BCUT2D eigenvalue weighted by Crippen LogP contribution is 2.53. The Kier molecular flexibility index (Phi) is 9.74. The van der Waals surface area contributed by atoms with Crippen LogP contribution in [0.15, 0.2) is 65.2 Å². The van der Waals surface area contributed by atoms with E-state index in [1.54, 1.807) is 25.5 Å². The molecule has 1 fully saturated rings. The molecule has 0 aliphatic heterocycles. The van der Waals surface area contributed by atoms with Crippen LogP contribution in [0.2, 0.25) is 0 Å². The molecular formula is C28H31BrN4O7S. The number of nitrogens with zero attached hydrogens (tertiary/aromatic N) is 2. The van der Waals surface area contributed by atoms with Crippen LogP contribution in [0.3, 0.4) is 0 Å². The van der Waals surface area contributed by atoms with Crippen molar-refractivity contribution in [1.29, 1.82) is 0 Å². The molecule has 2 aromatic heterocycles. The van der Waals surface area contributed by atoms with Crippen molar-refractivity contribution < 1.29 is 31.8 Å². The number of nitrogens with one attached hydrogen (secondary N) is 2. The Bertz CT molecular complexity index is 1540. The minimum absolute atomic E-state index is 0.153. The lowest BCUT2D eigenvalue weighted by molar-refractivity contribution is -0.146. The molecule has 4 N–H and O–H groups in total. The number of hydrogen-bond donors (Lipinski definition) is 4. The topological polar surface area (TPSA) is 168 Å². The fraction of sp³-hybridized carbons (Fsp3) is 0.357. The molecule has 2 heterocycles. The molecule has 1 saturated carbocycles. The molecule has 1 aromatic carbocycles. The van der Waals surface area contributed by atoms with Crippen molar-refractivity contribution in [2.24, 2.45) is 5.41 Å². The summed E-state index contributed by atoms with van der Waals surface area (Å²) in [5.41, 5.74) is 2.26. The SMILES string of the molecule is CCOC(=O)[C@H](Cc1ccc(Nc2nccc3ccncc23)cc1)NC1=C(Br)C(=O)C12CCCCC2.O=S(=O)(O)O. The first-order chi connectivity index (χ1) is 19.5. The number of carbonyl (C=O) groups is 2. The molecule has 0 unspecified atom stereocenters. The molecule has 3 aromatic rings. The van der Waals surface area contributed by atoms with E-state index in [-0.39, 0.29) is 11.8 Å². The van der Waals surface area contributed by atoms with E-state index in [1.807, 2.05) is 36.4 Å². The normalized spacial score (nSPS) is 16.8. The Morgan fingerprint density at radius 1 is 1.10 bits per heavy atom. The average Bonchev–Trinajstić information content (AvgIpc) is 2.95. The fourth-order valence-corrected chi connectivity index (χ4v) is 6.11. The monoisotopic (exact) mass is 646 g/mol. The summed E-state index contributed by atoms with van der Waals surface area (Å²) in [5.74, 6) is 0.578. The summed E-state index contributed by atoms with van der Waals surface area (Å²) in [7, 11) is -4.67. The van der Waals surface area contributed by atoms with Crippen molar-refractivity contribution >= 4 is 60.4 Å². The largest absolute Gasteiger partial charge is 0.464 e. The molecule has 1 spiro atoms. The Labute approximate surface area is 246 Å². The van der Waals surface area contributed by atoms with Crippen LogP contribution < -0.4 is 10.6 Å². The smallest absolute Gasteiger partial charge is 0.394 e. The van der Waals surface area contributed by atoms with Gasteiger partial charge < -0.3 is 15.4 Å². The highest BCUT2D eigenvalue weighted by molar-refractivity contribution is 9.12. The van der Waals surface area contributed by atoms with Gasteiger partial charge in [0.05, 0.1) is 16.5 Å². The number of halogens is 1. The molecule has 0 amide bonds. The van der Waals surface area contributed by atoms with Gasteiger partial charge in [-0.15, -0.1) is 0 Å². The number of esters is 1. The zero-order valence-electron chi connectivity index (χ0n) is 22.3. The molecule has 11 nitrogen and oxygen atoms in total. The highest BCUT2D eigenvalue weighted by atomic mass is 79.9. The number of carbonyl (C=O) groups excluding carboxylic acids is 2. The van der Waals surface area contributed by atoms with Crippen LogP contribution in [0.25, 0.3) is 10.8 Å². The molecule has 2 aliphatic rings. The van der Waals surface area contributed by atoms with Gasteiger partial charge in [0.25, 0.3) is 0 Å². The zero-order chi connectivity index (χ0) is 29.6. The molecule has 13 heteroatoms. The number of ether oxygens (including phenoxy) is 1. The van der Waals surface area contributed by atoms with E-state index in [4.69, 9.17) is 22.3 Å². The Hall–Kier alpha value is -3.39. The van der Waals surface area contributed by atoms with Gasteiger partial charge in [0.15, 0.2) is 5.78 Å². The first-order valence-corrected chi connectivity index (χ1v) is 15.3. The van der Waals surface area contributed by atoms with Crippen molar-refractivity contribution in [2.75, 3.05) is 11.9 Å². The van der Waals surface area contributed by atoms with E-state index >= 15 is 0 Å². The highest BCUT2D eigenvalue weighted by Gasteiger charge is 2.53. The number of anilines is 2. The van der Waals surface area contributed by atoms with Gasteiger partial charge in [-0.05, 0) is 70.9 Å². The minimum Gasteiger partial charge on any atom is -0.464 e. The van der Waals surface area contributed by atoms with Crippen molar-refractivity contribution in [3.63, 3.8) is 0 Å². The number of aromatic nitrogens is 2. The number of ketones is 1. The number of benzene rings is 1. The molecule has 0 radical (unpaired) electrons. The van der Waals surface area contributed by atoms with Crippen molar-refractivity contribution in [3.8, 4) is 0 Å². The number of allylic oxidation sites excluding steroid dienone is 2. The van der Waals surface area contributed by atoms with Crippen LogP contribution in [0.4, 0.5) is 11.5 Å². The van der Waals surface area contributed by atoms with Gasteiger partial charge in [-0.25, -0.2) is 9.78 Å². The Morgan fingerprint density at radius 3 is 2.41 bits per heavy atom. The van der Waals surface area contributed by atoms with Crippen LogP contribution in [-0.2, 0) is 31.1 Å². The van der Waals surface area contributed by atoms with Gasteiger partial charge in [0, 0.05) is 41.8 Å². The summed E-state index contributed by atoms with van der Waals surface area (Å²) in [5, 5.41) is 8.78.